The van der Waals surface area contributed by atoms with Gasteiger partial charge in [0.05, 0.1) is 18.5 Å². The molecule has 0 aliphatic rings. The first kappa shape index (κ1) is 20.3. The Bertz CT molecular complexity index is 898. The van der Waals surface area contributed by atoms with E-state index in [-0.39, 0.29) is 0 Å². The van der Waals surface area contributed by atoms with E-state index in [0.29, 0.717) is 17.5 Å². The van der Waals surface area contributed by atoms with E-state index in [1.165, 1.54) is 21.0 Å². The van der Waals surface area contributed by atoms with E-state index in [2.05, 4.69) is 10.6 Å². The van der Waals surface area contributed by atoms with E-state index < -0.39 is 40.4 Å². The number of amides is 2. The van der Waals surface area contributed by atoms with Crippen LogP contribution in [0.25, 0.3) is 0 Å². The summed E-state index contributed by atoms with van der Waals surface area (Å²) in [7, 11) is 1.43. The number of rotatable bonds is 5. The van der Waals surface area contributed by atoms with Crippen molar-refractivity contribution in [2.24, 2.45) is 5.41 Å². The van der Waals surface area contributed by atoms with Gasteiger partial charge < -0.3 is 15.4 Å². The SMILES string of the molecule is COc1ccc(C)cc1NC(=O)C(C)(C)C(=O)Nc1ccc(F)c(F)c1F. The molecule has 0 aliphatic carbocycles. The zero-order chi connectivity index (χ0) is 20.4. The fourth-order valence-electron chi connectivity index (χ4n) is 2.20. The van der Waals surface area contributed by atoms with Crippen molar-refractivity contribution in [3.05, 3.63) is 53.3 Å². The summed E-state index contributed by atoms with van der Waals surface area (Å²) in [6.07, 6.45) is 0. The highest BCUT2D eigenvalue weighted by Crippen LogP contribution is 2.29. The summed E-state index contributed by atoms with van der Waals surface area (Å²) in [5.41, 5.74) is -0.987. The highest BCUT2D eigenvalue weighted by atomic mass is 19.2. The van der Waals surface area contributed by atoms with Gasteiger partial charge in [-0.25, -0.2) is 13.2 Å². The van der Waals surface area contributed by atoms with E-state index in [4.69, 9.17) is 4.74 Å². The van der Waals surface area contributed by atoms with Crippen molar-refractivity contribution >= 4 is 23.2 Å². The van der Waals surface area contributed by atoms with E-state index in [1.807, 2.05) is 6.92 Å². The molecule has 0 bridgehead atoms. The number of benzene rings is 2. The van der Waals surface area contributed by atoms with Gasteiger partial charge in [-0.1, -0.05) is 6.07 Å². The maximum absolute atomic E-state index is 13.8. The number of carbonyl (C=O) groups excluding carboxylic acids is 2. The molecule has 0 radical (unpaired) electrons. The molecule has 0 aromatic heterocycles. The maximum Gasteiger partial charge on any atom is 0.239 e. The molecule has 2 N–H and O–H groups in total. The molecule has 0 atom stereocenters. The molecule has 27 heavy (non-hydrogen) atoms. The van der Waals surface area contributed by atoms with Crippen molar-refractivity contribution in [3.63, 3.8) is 0 Å². The molecule has 2 aromatic carbocycles. The van der Waals surface area contributed by atoms with Crippen LogP contribution in [0.4, 0.5) is 24.5 Å². The van der Waals surface area contributed by atoms with E-state index in [0.717, 1.165) is 11.6 Å². The van der Waals surface area contributed by atoms with Crippen molar-refractivity contribution in [2.75, 3.05) is 17.7 Å². The van der Waals surface area contributed by atoms with Crippen LogP contribution in [0.2, 0.25) is 0 Å². The normalized spacial score (nSPS) is 11.1. The second kappa shape index (κ2) is 7.69. The van der Waals surface area contributed by atoms with E-state index in [1.54, 1.807) is 18.2 Å². The molecule has 2 rings (SSSR count). The topological polar surface area (TPSA) is 67.4 Å². The summed E-state index contributed by atoms with van der Waals surface area (Å²) in [6.45, 7) is 4.45. The van der Waals surface area contributed by atoms with Gasteiger partial charge in [0.15, 0.2) is 17.5 Å². The first-order chi connectivity index (χ1) is 12.6. The summed E-state index contributed by atoms with van der Waals surface area (Å²) >= 11 is 0. The Morgan fingerprint density at radius 1 is 0.926 bits per heavy atom. The average Bonchev–Trinajstić information content (AvgIpc) is 2.62. The Morgan fingerprint density at radius 3 is 2.11 bits per heavy atom. The highest BCUT2D eigenvalue weighted by molar-refractivity contribution is 6.14. The Kier molecular flexibility index (Phi) is 5.78. The lowest BCUT2D eigenvalue weighted by Crippen LogP contribution is -2.41. The Balaban J connectivity index is 2.22. The van der Waals surface area contributed by atoms with Crippen LogP contribution in [0.1, 0.15) is 19.4 Å². The molecule has 8 heteroatoms. The molecule has 0 heterocycles. The summed E-state index contributed by atoms with van der Waals surface area (Å²) in [6, 6.07) is 6.68. The van der Waals surface area contributed by atoms with Crippen LogP contribution < -0.4 is 15.4 Å². The number of aryl methyl sites for hydroxylation is 1. The minimum Gasteiger partial charge on any atom is -0.495 e. The summed E-state index contributed by atoms with van der Waals surface area (Å²) < 4.78 is 45.2. The van der Waals surface area contributed by atoms with Crippen LogP contribution >= 0.6 is 0 Å². The Morgan fingerprint density at radius 2 is 1.52 bits per heavy atom. The van der Waals surface area contributed by atoms with Crippen molar-refractivity contribution < 1.29 is 27.5 Å². The fraction of sp³-hybridized carbons (Fsp3) is 0.263. The van der Waals surface area contributed by atoms with Crippen molar-refractivity contribution in [2.45, 2.75) is 20.8 Å². The van der Waals surface area contributed by atoms with Crippen LogP contribution in [-0.4, -0.2) is 18.9 Å². The number of halogens is 3. The second-order valence-electron chi connectivity index (χ2n) is 6.46. The molecular formula is C19H19F3N2O3. The molecule has 2 amide bonds. The largest absolute Gasteiger partial charge is 0.495 e. The average molecular weight is 380 g/mol. The van der Waals surface area contributed by atoms with Crippen LogP contribution in [0.5, 0.6) is 5.75 Å². The van der Waals surface area contributed by atoms with Gasteiger partial charge in [0, 0.05) is 0 Å². The van der Waals surface area contributed by atoms with Gasteiger partial charge in [0.2, 0.25) is 11.8 Å². The number of ether oxygens (including phenoxy) is 1. The Hall–Kier alpha value is -3.03. The number of carbonyl (C=O) groups is 2. The molecule has 0 fully saturated rings. The third-order valence-electron chi connectivity index (χ3n) is 4.02. The van der Waals surface area contributed by atoms with Crippen LogP contribution in [-0.2, 0) is 9.59 Å². The minimum atomic E-state index is -1.71. The third kappa shape index (κ3) is 4.21. The number of nitrogens with one attached hydrogen (secondary N) is 2. The highest BCUT2D eigenvalue weighted by Gasteiger charge is 2.37. The first-order valence-corrected chi connectivity index (χ1v) is 7.99. The lowest BCUT2D eigenvalue weighted by atomic mass is 9.90. The van der Waals surface area contributed by atoms with Gasteiger partial charge >= 0.3 is 0 Å². The van der Waals surface area contributed by atoms with Crippen LogP contribution in [0.3, 0.4) is 0 Å². The molecular weight excluding hydrogens is 361 g/mol. The lowest BCUT2D eigenvalue weighted by Gasteiger charge is -2.23. The molecule has 5 nitrogen and oxygen atoms in total. The van der Waals surface area contributed by atoms with Crippen LogP contribution in [0.15, 0.2) is 30.3 Å². The quantitative estimate of drug-likeness (QED) is 0.608. The smallest absolute Gasteiger partial charge is 0.239 e. The van der Waals surface area contributed by atoms with Gasteiger partial charge in [-0.2, -0.15) is 0 Å². The van der Waals surface area contributed by atoms with E-state index >= 15 is 0 Å². The fourth-order valence-corrected chi connectivity index (χ4v) is 2.20. The Labute approximate surface area is 154 Å². The van der Waals surface area contributed by atoms with E-state index in [9.17, 15) is 22.8 Å². The van der Waals surface area contributed by atoms with Gasteiger partial charge in [0.1, 0.15) is 11.2 Å². The van der Waals surface area contributed by atoms with Crippen molar-refractivity contribution in [1.29, 1.82) is 0 Å². The van der Waals surface area contributed by atoms with Crippen molar-refractivity contribution in [1.82, 2.24) is 0 Å². The van der Waals surface area contributed by atoms with Crippen LogP contribution in [0, 0.1) is 29.8 Å². The van der Waals surface area contributed by atoms with Gasteiger partial charge in [-0.3, -0.25) is 9.59 Å². The van der Waals surface area contributed by atoms with Gasteiger partial charge in [-0.05, 0) is 50.6 Å². The zero-order valence-corrected chi connectivity index (χ0v) is 15.2. The summed E-state index contributed by atoms with van der Waals surface area (Å²) in [5, 5.41) is 4.70. The molecule has 144 valence electrons. The number of methoxy groups -OCH3 is 1. The zero-order valence-electron chi connectivity index (χ0n) is 15.2. The lowest BCUT2D eigenvalue weighted by molar-refractivity contribution is -0.135. The number of hydrogen-bond donors (Lipinski definition) is 2. The minimum absolute atomic E-state index is 0.363. The molecule has 0 spiro atoms. The molecule has 2 aromatic rings. The molecule has 0 aliphatic heterocycles. The number of anilines is 2. The van der Waals surface area contributed by atoms with Gasteiger partial charge in [-0.15, -0.1) is 0 Å². The van der Waals surface area contributed by atoms with Crippen molar-refractivity contribution in [3.8, 4) is 5.75 Å². The molecule has 0 saturated carbocycles. The summed E-state index contributed by atoms with van der Waals surface area (Å²) in [4.78, 5) is 25.0. The monoisotopic (exact) mass is 380 g/mol. The predicted octanol–water partition coefficient (Wildman–Crippen LogP) is 4.02. The molecule has 0 saturated heterocycles. The summed E-state index contributed by atoms with van der Waals surface area (Å²) in [5.74, 6) is -5.81. The van der Waals surface area contributed by atoms with Gasteiger partial charge in [0.25, 0.3) is 0 Å². The molecule has 0 unspecified atom stereocenters. The maximum atomic E-state index is 13.8. The third-order valence-corrected chi connectivity index (χ3v) is 4.02. The standard InChI is InChI=1S/C19H19F3N2O3/c1-10-5-8-14(27-4)13(9-10)24-18(26)19(2,3)17(25)23-12-7-6-11(20)15(21)16(12)22/h5-9H,1-4H3,(H,23,25)(H,24,26). The second-order valence-corrected chi connectivity index (χ2v) is 6.46. The predicted molar refractivity (Wildman–Crippen MR) is 95.1 cm³/mol. The number of hydrogen-bond acceptors (Lipinski definition) is 3. The first-order valence-electron chi connectivity index (χ1n) is 7.99.